The van der Waals surface area contributed by atoms with Gasteiger partial charge in [-0.15, -0.1) is 5.10 Å². The molecule has 0 amide bonds. The number of aromatic nitrogens is 3. The zero-order chi connectivity index (χ0) is 14.0. The number of rotatable bonds is 3. The summed E-state index contributed by atoms with van der Waals surface area (Å²) < 4.78 is 6.83. The third kappa shape index (κ3) is 2.93. The quantitative estimate of drug-likeness (QED) is 0.640. The van der Waals surface area contributed by atoms with Crippen molar-refractivity contribution in [2.24, 2.45) is 7.05 Å². The Morgan fingerprint density at radius 1 is 1.32 bits per heavy atom. The van der Waals surface area contributed by atoms with Crippen molar-refractivity contribution in [3.8, 4) is 5.75 Å². The van der Waals surface area contributed by atoms with Gasteiger partial charge in [0.05, 0.1) is 5.69 Å². The summed E-state index contributed by atoms with van der Waals surface area (Å²) in [7, 11) is 1.75. The number of benzene rings is 1. The molecule has 0 atom stereocenters. The second-order valence-corrected chi connectivity index (χ2v) is 4.88. The zero-order valence-corrected chi connectivity index (χ0v) is 11.7. The van der Waals surface area contributed by atoms with Crippen LogP contribution in [-0.2, 0) is 7.05 Å². The monoisotopic (exact) mass is 279 g/mol. The second kappa shape index (κ2) is 5.40. The van der Waals surface area contributed by atoms with Gasteiger partial charge < -0.3 is 4.74 Å². The van der Waals surface area contributed by atoms with Crippen LogP contribution in [0, 0.1) is 0 Å². The van der Waals surface area contributed by atoms with E-state index in [0.717, 1.165) is 5.69 Å². The zero-order valence-electron chi connectivity index (χ0n) is 10.9. The van der Waals surface area contributed by atoms with E-state index in [9.17, 15) is 4.79 Å². The van der Waals surface area contributed by atoms with Crippen molar-refractivity contribution in [2.45, 2.75) is 19.8 Å². The lowest BCUT2D eigenvalue weighted by Crippen LogP contribution is -2.13. The van der Waals surface area contributed by atoms with Gasteiger partial charge in [-0.25, -0.2) is 4.79 Å². The molecule has 1 heterocycles. The van der Waals surface area contributed by atoms with Crippen molar-refractivity contribution < 1.29 is 9.53 Å². The topological polar surface area (TPSA) is 57.0 Å². The molecule has 0 unspecified atom stereocenters. The summed E-state index contributed by atoms with van der Waals surface area (Å²) in [6.45, 7) is 3.94. The van der Waals surface area contributed by atoms with Crippen LogP contribution < -0.4 is 4.74 Å². The molecule has 0 spiro atoms. The minimum atomic E-state index is -0.515. The minimum absolute atomic E-state index is 0.132. The summed E-state index contributed by atoms with van der Waals surface area (Å²) in [5.41, 5.74) is 0.992. The molecule has 0 saturated heterocycles. The van der Waals surface area contributed by atoms with E-state index < -0.39 is 5.97 Å². The highest BCUT2D eigenvalue weighted by atomic mass is 35.5. The van der Waals surface area contributed by atoms with E-state index in [1.54, 1.807) is 36.0 Å². The van der Waals surface area contributed by atoms with Gasteiger partial charge in [-0.2, -0.15) is 0 Å². The Morgan fingerprint density at radius 3 is 2.53 bits per heavy atom. The maximum Gasteiger partial charge on any atom is 0.366 e. The molecule has 0 fully saturated rings. The Hall–Kier alpha value is -1.88. The van der Waals surface area contributed by atoms with Gasteiger partial charge in [0, 0.05) is 12.1 Å². The summed E-state index contributed by atoms with van der Waals surface area (Å²) in [6, 6.07) is 6.58. The van der Waals surface area contributed by atoms with E-state index in [1.807, 2.05) is 13.8 Å². The molecule has 0 saturated carbocycles. The number of ether oxygens (including phenoxy) is 1. The molecule has 1 aromatic carbocycles. The highest BCUT2D eigenvalue weighted by Gasteiger charge is 2.22. The molecule has 0 radical (unpaired) electrons. The van der Waals surface area contributed by atoms with Crippen molar-refractivity contribution in [3.63, 3.8) is 0 Å². The Bertz CT molecular complexity index is 590. The van der Waals surface area contributed by atoms with Gasteiger partial charge in [0.15, 0.2) is 5.69 Å². The van der Waals surface area contributed by atoms with Gasteiger partial charge in [0.25, 0.3) is 0 Å². The van der Waals surface area contributed by atoms with Crippen LogP contribution in [0.25, 0.3) is 0 Å². The van der Waals surface area contributed by atoms with E-state index in [2.05, 4.69) is 10.3 Å². The maximum absolute atomic E-state index is 12.1. The smallest absolute Gasteiger partial charge is 0.366 e. The van der Waals surface area contributed by atoms with Crippen LogP contribution in [0.2, 0.25) is 5.02 Å². The lowest BCUT2D eigenvalue weighted by atomic mass is 10.1. The lowest BCUT2D eigenvalue weighted by molar-refractivity contribution is 0.0726. The average Bonchev–Trinajstić information content (AvgIpc) is 2.74. The molecular weight excluding hydrogens is 266 g/mol. The SMILES string of the molecule is CC(C)c1c(C(=O)Oc2ccc(Cl)cc2)nnn1C. The molecule has 100 valence electrons. The Kier molecular flexibility index (Phi) is 3.85. The number of carbonyl (C=O) groups excluding carboxylic acids is 1. The molecule has 0 aliphatic carbocycles. The van der Waals surface area contributed by atoms with Gasteiger partial charge in [0.1, 0.15) is 5.75 Å². The summed E-state index contributed by atoms with van der Waals surface area (Å²) in [5, 5.41) is 8.31. The Balaban J connectivity index is 2.23. The number of esters is 1. The number of halogens is 1. The molecule has 0 aliphatic rings. The van der Waals surface area contributed by atoms with Crippen LogP contribution in [0.15, 0.2) is 24.3 Å². The molecule has 2 aromatic rings. The van der Waals surface area contributed by atoms with Crippen molar-refractivity contribution >= 4 is 17.6 Å². The van der Waals surface area contributed by atoms with Crippen molar-refractivity contribution in [1.29, 1.82) is 0 Å². The van der Waals surface area contributed by atoms with E-state index in [-0.39, 0.29) is 11.6 Å². The van der Waals surface area contributed by atoms with Crippen LogP contribution in [0.1, 0.15) is 35.9 Å². The van der Waals surface area contributed by atoms with Gasteiger partial charge in [-0.05, 0) is 30.2 Å². The van der Waals surface area contributed by atoms with Crippen molar-refractivity contribution in [2.75, 3.05) is 0 Å². The number of aryl methyl sites for hydroxylation is 1. The van der Waals surface area contributed by atoms with E-state index in [4.69, 9.17) is 16.3 Å². The highest BCUT2D eigenvalue weighted by Crippen LogP contribution is 2.20. The molecule has 5 nitrogen and oxygen atoms in total. The summed E-state index contributed by atoms with van der Waals surface area (Å²) in [6.07, 6.45) is 0. The van der Waals surface area contributed by atoms with Gasteiger partial charge >= 0.3 is 5.97 Å². The number of hydrogen-bond donors (Lipinski definition) is 0. The molecule has 19 heavy (non-hydrogen) atoms. The molecule has 0 N–H and O–H groups in total. The average molecular weight is 280 g/mol. The van der Waals surface area contributed by atoms with Gasteiger partial charge in [-0.3, -0.25) is 4.68 Å². The molecular formula is C13H14ClN3O2. The minimum Gasteiger partial charge on any atom is -0.422 e. The summed E-state index contributed by atoms with van der Waals surface area (Å²) in [5.74, 6) is 0.0432. The number of carbonyl (C=O) groups is 1. The summed E-state index contributed by atoms with van der Waals surface area (Å²) in [4.78, 5) is 12.1. The van der Waals surface area contributed by atoms with E-state index in [0.29, 0.717) is 10.8 Å². The van der Waals surface area contributed by atoms with E-state index in [1.165, 1.54) is 0 Å². The first-order valence-corrected chi connectivity index (χ1v) is 6.24. The first-order valence-electron chi connectivity index (χ1n) is 5.86. The first-order chi connectivity index (χ1) is 8.99. The fourth-order valence-electron chi connectivity index (χ4n) is 1.81. The van der Waals surface area contributed by atoms with Crippen LogP contribution >= 0.6 is 11.6 Å². The third-order valence-corrected chi connectivity index (χ3v) is 2.89. The standard InChI is InChI=1S/C13H14ClN3O2/c1-8(2)12-11(15-16-17(12)3)13(18)19-10-6-4-9(14)5-7-10/h4-8H,1-3H3. The van der Waals surface area contributed by atoms with Crippen LogP contribution in [0.4, 0.5) is 0 Å². The van der Waals surface area contributed by atoms with Crippen molar-refractivity contribution in [3.05, 3.63) is 40.7 Å². The molecule has 0 bridgehead atoms. The lowest BCUT2D eigenvalue weighted by Gasteiger charge is -2.07. The fourth-order valence-corrected chi connectivity index (χ4v) is 1.94. The first kappa shape index (κ1) is 13.5. The van der Waals surface area contributed by atoms with Crippen LogP contribution in [0.3, 0.4) is 0 Å². The van der Waals surface area contributed by atoms with Gasteiger partial charge in [-0.1, -0.05) is 30.7 Å². The Morgan fingerprint density at radius 2 is 1.95 bits per heavy atom. The molecule has 0 aliphatic heterocycles. The predicted molar refractivity (Wildman–Crippen MR) is 71.5 cm³/mol. The van der Waals surface area contributed by atoms with E-state index >= 15 is 0 Å². The maximum atomic E-state index is 12.1. The largest absolute Gasteiger partial charge is 0.422 e. The normalized spacial score (nSPS) is 10.8. The predicted octanol–water partition coefficient (Wildman–Crippen LogP) is 2.81. The van der Waals surface area contributed by atoms with Crippen LogP contribution in [-0.4, -0.2) is 21.0 Å². The highest BCUT2D eigenvalue weighted by molar-refractivity contribution is 6.30. The number of hydrogen-bond acceptors (Lipinski definition) is 4. The third-order valence-electron chi connectivity index (χ3n) is 2.63. The molecule has 1 aromatic heterocycles. The fraction of sp³-hybridized carbons (Fsp3) is 0.308. The van der Waals surface area contributed by atoms with Gasteiger partial charge in [0.2, 0.25) is 0 Å². The molecule has 6 heteroatoms. The molecule has 2 rings (SSSR count). The van der Waals surface area contributed by atoms with Crippen molar-refractivity contribution in [1.82, 2.24) is 15.0 Å². The number of nitrogens with zero attached hydrogens (tertiary/aromatic N) is 3. The van der Waals surface area contributed by atoms with Crippen LogP contribution in [0.5, 0.6) is 5.75 Å². The second-order valence-electron chi connectivity index (χ2n) is 4.45. The Labute approximate surface area is 116 Å². The summed E-state index contributed by atoms with van der Waals surface area (Å²) >= 11 is 5.77.